The molecular formula is C18H27NO. The van der Waals surface area contributed by atoms with Gasteiger partial charge >= 0.3 is 0 Å². The maximum Gasteiger partial charge on any atom is 0.0805 e. The van der Waals surface area contributed by atoms with Crippen LogP contribution in [0.2, 0.25) is 0 Å². The summed E-state index contributed by atoms with van der Waals surface area (Å²) in [7, 11) is 0. The first-order chi connectivity index (χ1) is 9.65. The minimum atomic E-state index is -0.326. The number of aliphatic hydroxyl groups excluding tert-OH is 1. The first-order valence-electron chi connectivity index (χ1n) is 8.16. The topological polar surface area (TPSA) is 32.3 Å². The third kappa shape index (κ3) is 2.77. The Labute approximate surface area is 122 Å². The van der Waals surface area contributed by atoms with Crippen LogP contribution in [0.3, 0.4) is 0 Å². The molecule has 1 heterocycles. The second-order valence-corrected chi connectivity index (χ2v) is 6.94. The molecule has 0 bridgehead atoms. The molecule has 2 N–H and O–H groups in total. The van der Waals surface area contributed by atoms with Crippen molar-refractivity contribution in [2.75, 3.05) is 6.54 Å². The highest BCUT2D eigenvalue weighted by Crippen LogP contribution is 2.40. The van der Waals surface area contributed by atoms with E-state index in [-0.39, 0.29) is 6.10 Å². The van der Waals surface area contributed by atoms with Crippen LogP contribution >= 0.6 is 0 Å². The predicted octanol–water partition coefficient (Wildman–Crippen LogP) is 3.62. The molecular weight excluding hydrogens is 246 g/mol. The summed E-state index contributed by atoms with van der Waals surface area (Å²) in [6.07, 6.45) is 4.65. The highest BCUT2D eigenvalue weighted by Gasteiger charge is 2.39. The second kappa shape index (κ2) is 5.87. The van der Waals surface area contributed by atoms with E-state index in [1.165, 1.54) is 24.8 Å². The summed E-state index contributed by atoms with van der Waals surface area (Å²) < 4.78 is 0. The summed E-state index contributed by atoms with van der Waals surface area (Å²) in [6, 6.07) is 9.03. The number of hydrogen-bond acceptors (Lipinski definition) is 2. The van der Waals surface area contributed by atoms with Crippen molar-refractivity contribution in [3.8, 4) is 0 Å². The molecule has 2 aliphatic rings. The van der Waals surface area contributed by atoms with E-state index in [4.69, 9.17) is 0 Å². The van der Waals surface area contributed by atoms with Crippen LogP contribution in [0, 0.1) is 11.8 Å². The molecule has 1 saturated carbocycles. The zero-order valence-corrected chi connectivity index (χ0v) is 12.7. The van der Waals surface area contributed by atoms with Crippen molar-refractivity contribution >= 4 is 0 Å². The molecule has 1 aromatic rings. The van der Waals surface area contributed by atoms with Gasteiger partial charge in [0.05, 0.1) is 6.10 Å². The fourth-order valence-corrected chi connectivity index (χ4v) is 4.04. The number of benzene rings is 1. The number of nitrogens with one attached hydrogen (secondary N) is 1. The van der Waals surface area contributed by atoms with Gasteiger partial charge in [-0.05, 0) is 54.7 Å². The molecule has 1 aliphatic heterocycles. The van der Waals surface area contributed by atoms with Crippen LogP contribution in [0.4, 0.5) is 0 Å². The van der Waals surface area contributed by atoms with Crippen LogP contribution < -0.4 is 5.32 Å². The van der Waals surface area contributed by atoms with Crippen LogP contribution in [0.1, 0.15) is 62.7 Å². The quantitative estimate of drug-likeness (QED) is 0.878. The molecule has 0 amide bonds. The second-order valence-electron chi connectivity index (χ2n) is 6.94. The Morgan fingerprint density at radius 2 is 1.85 bits per heavy atom. The van der Waals surface area contributed by atoms with Gasteiger partial charge in [-0.15, -0.1) is 0 Å². The van der Waals surface area contributed by atoms with Crippen molar-refractivity contribution in [2.45, 2.75) is 57.6 Å². The van der Waals surface area contributed by atoms with Crippen molar-refractivity contribution in [3.05, 3.63) is 35.4 Å². The summed E-state index contributed by atoms with van der Waals surface area (Å²) in [4.78, 5) is 0. The van der Waals surface area contributed by atoms with Gasteiger partial charge in [-0.3, -0.25) is 0 Å². The standard InChI is InChI=1S/C18H27NO/c1-12(2)13-6-8-14(9-7-13)18(20)10-17-16-5-3-4-15(16)11-19-17/h6-9,12,15-20H,3-5,10-11H2,1-2H3. The molecule has 2 heteroatoms. The Morgan fingerprint density at radius 1 is 1.15 bits per heavy atom. The smallest absolute Gasteiger partial charge is 0.0805 e. The Hall–Kier alpha value is -0.860. The number of aliphatic hydroxyl groups is 1. The highest BCUT2D eigenvalue weighted by molar-refractivity contribution is 5.26. The van der Waals surface area contributed by atoms with Crippen LogP contribution in [-0.4, -0.2) is 17.7 Å². The van der Waals surface area contributed by atoms with Crippen LogP contribution in [0.5, 0.6) is 0 Å². The molecule has 2 fully saturated rings. The molecule has 3 rings (SSSR count). The minimum absolute atomic E-state index is 0.326. The van der Waals surface area contributed by atoms with Gasteiger partial charge in [-0.2, -0.15) is 0 Å². The molecule has 4 unspecified atom stereocenters. The van der Waals surface area contributed by atoms with Crippen LogP contribution in [0.15, 0.2) is 24.3 Å². The van der Waals surface area contributed by atoms with E-state index < -0.39 is 0 Å². The van der Waals surface area contributed by atoms with Crippen molar-refractivity contribution in [1.82, 2.24) is 5.32 Å². The third-order valence-corrected chi connectivity index (χ3v) is 5.34. The Morgan fingerprint density at radius 3 is 2.55 bits per heavy atom. The molecule has 0 spiro atoms. The molecule has 1 aromatic carbocycles. The van der Waals surface area contributed by atoms with Gasteiger partial charge in [0.1, 0.15) is 0 Å². The first kappa shape index (κ1) is 14.1. The highest BCUT2D eigenvalue weighted by atomic mass is 16.3. The number of hydrogen-bond donors (Lipinski definition) is 2. The summed E-state index contributed by atoms with van der Waals surface area (Å²) in [5, 5.41) is 14.1. The lowest BCUT2D eigenvalue weighted by Gasteiger charge is -2.22. The van der Waals surface area contributed by atoms with Crippen molar-refractivity contribution in [2.24, 2.45) is 11.8 Å². The Bertz CT molecular complexity index is 439. The molecule has 0 radical (unpaired) electrons. The fraction of sp³-hybridized carbons (Fsp3) is 0.667. The van der Waals surface area contributed by atoms with E-state index in [1.54, 1.807) is 0 Å². The number of fused-ring (bicyclic) bond motifs is 1. The lowest BCUT2D eigenvalue weighted by Crippen LogP contribution is -2.28. The Balaban J connectivity index is 1.62. The molecule has 4 atom stereocenters. The maximum absolute atomic E-state index is 10.5. The Kier molecular flexibility index (Phi) is 4.13. The molecule has 0 aromatic heterocycles. The summed E-state index contributed by atoms with van der Waals surface area (Å²) >= 11 is 0. The van der Waals surface area contributed by atoms with Crippen LogP contribution in [-0.2, 0) is 0 Å². The average Bonchev–Trinajstić information content (AvgIpc) is 3.04. The van der Waals surface area contributed by atoms with Crippen molar-refractivity contribution in [3.63, 3.8) is 0 Å². The van der Waals surface area contributed by atoms with Gasteiger partial charge in [0.2, 0.25) is 0 Å². The van der Waals surface area contributed by atoms with E-state index in [1.807, 2.05) is 0 Å². The van der Waals surface area contributed by atoms with Gasteiger partial charge in [-0.1, -0.05) is 44.5 Å². The number of rotatable bonds is 4. The SMILES string of the molecule is CC(C)c1ccc(C(O)CC2NCC3CCCC32)cc1. The summed E-state index contributed by atoms with van der Waals surface area (Å²) in [5.74, 6) is 2.23. The summed E-state index contributed by atoms with van der Waals surface area (Å²) in [6.45, 7) is 5.57. The van der Waals surface area contributed by atoms with Crippen molar-refractivity contribution < 1.29 is 5.11 Å². The first-order valence-corrected chi connectivity index (χ1v) is 8.16. The van der Waals surface area contributed by atoms with E-state index in [0.717, 1.165) is 30.4 Å². The minimum Gasteiger partial charge on any atom is -0.388 e. The largest absolute Gasteiger partial charge is 0.388 e. The van der Waals surface area contributed by atoms with E-state index in [2.05, 4.69) is 43.4 Å². The van der Waals surface area contributed by atoms with E-state index >= 15 is 0 Å². The third-order valence-electron chi connectivity index (χ3n) is 5.34. The zero-order chi connectivity index (χ0) is 14.1. The van der Waals surface area contributed by atoms with Gasteiger partial charge in [0.15, 0.2) is 0 Å². The lowest BCUT2D eigenvalue weighted by atomic mass is 9.89. The molecule has 20 heavy (non-hydrogen) atoms. The molecule has 1 saturated heterocycles. The molecule has 110 valence electrons. The van der Waals surface area contributed by atoms with Gasteiger partial charge in [0.25, 0.3) is 0 Å². The molecule has 1 aliphatic carbocycles. The van der Waals surface area contributed by atoms with Crippen LogP contribution in [0.25, 0.3) is 0 Å². The lowest BCUT2D eigenvalue weighted by molar-refractivity contribution is 0.145. The van der Waals surface area contributed by atoms with E-state index in [0.29, 0.717) is 12.0 Å². The average molecular weight is 273 g/mol. The van der Waals surface area contributed by atoms with Gasteiger partial charge in [-0.25, -0.2) is 0 Å². The zero-order valence-electron chi connectivity index (χ0n) is 12.7. The summed E-state index contributed by atoms with van der Waals surface area (Å²) in [5.41, 5.74) is 2.41. The van der Waals surface area contributed by atoms with Crippen molar-refractivity contribution in [1.29, 1.82) is 0 Å². The maximum atomic E-state index is 10.5. The molecule has 2 nitrogen and oxygen atoms in total. The monoisotopic (exact) mass is 273 g/mol. The predicted molar refractivity (Wildman–Crippen MR) is 82.7 cm³/mol. The van der Waals surface area contributed by atoms with Gasteiger partial charge in [0, 0.05) is 6.04 Å². The fourth-order valence-electron chi connectivity index (χ4n) is 4.04. The normalized spacial score (nSPS) is 30.7. The van der Waals surface area contributed by atoms with Gasteiger partial charge < -0.3 is 10.4 Å². The van der Waals surface area contributed by atoms with E-state index in [9.17, 15) is 5.11 Å².